The third-order valence-corrected chi connectivity index (χ3v) is 3.10. The molecular weight excluding hydrogens is 256 g/mol. The molecule has 1 N–H and O–H groups in total. The van der Waals surface area contributed by atoms with Crippen molar-refractivity contribution in [1.82, 2.24) is 14.2 Å². The SMILES string of the molecule is N#Cc1cnn2ccn(Cc3ccc(C(=O)O)cc3)c12. The number of carboxylic acid groups (broad SMARTS) is 1. The zero-order valence-electron chi connectivity index (χ0n) is 10.4. The number of imidazole rings is 1. The van der Waals surface area contributed by atoms with E-state index in [0.717, 1.165) is 11.2 Å². The number of hydrogen-bond donors (Lipinski definition) is 1. The average molecular weight is 266 g/mol. The number of nitrogens with zero attached hydrogens (tertiary/aromatic N) is 4. The van der Waals surface area contributed by atoms with Gasteiger partial charge in [-0.1, -0.05) is 12.1 Å². The number of nitriles is 1. The highest BCUT2D eigenvalue weighted by Crippen LogP contribution is 2.14. The van der Waals surface area contributed by atoms with E-state index in [0.29, 0.717) is 12.1 Å². The molecule has 0 aliphatic rings. The molecule has 6 nitrogen and oxygen atoms in total. The van der Waals surface area contributed by atoms with Crippen LogP contribution < -0.4 is 0 Å². The van der Waals surface area contributed by atoms with E-state index < -0.39 is 5.97 Å². The van der Waals surface area contributed by atoms with Crippen LogP contribution in [0.3, 0.4) is 0 Å². The number of carboxylic acids is 1. The molecule has 0 saturated carbocycles. The zero-order chi connectivity index (χ0) is 14.1. The van der Waals surface area contributed by atoms with Gasteiger partial charge in [-0.15, -0.1) is 0 Å². The molecule has 0 saturated heterocycles. The van der Waals surface area contributed by atoms with Gasteiger partial charge in [0.25, 0.3) is 0 Å². The minimum absolute atomic E-state index is 0.258. The second kappa shape index (κ2) is 4.55. The fourth-order valence-electron chi connectivity index (χ4n) is 2.12. The fourth-order valence-corrected chi connectivity index (χ4v) is 2.12. The molecule has 0 spiro atoms. The van der Waals surface area contributed by atoms with Crippen LogP contribution in [-0.2, 0) is 6.54 Å². The predicted octanol–water partition coefficient (Wildman–Crippen LogP) is 1.75. The molecule has 3 aromatic rings. The Morgan fingerprint density at radius 3 is 2.70 bits per heavy atom. The van der Waals surface area contributed by atoms with Crippen molar-refractivity contribution in [2.24, 2.45) is 0 Å². The van der Waals surface area contributed by atoms with E-state index in [-0.39, 0.29) is 5.56 Å². The van der Waals surface area contributed by atoms with Gasteiger partial charge < -0.3 is 9.67 Å². The Hall–Kier alpha value is -3.07. The third kappa shape index (κ3) is 1.91. The van der Waals surface area contributed by atoms with Gasteiger partial charge in [0.05, 0.1) is 11.8 Å². The lowest BCUT2D eigenvalue weighted by atomic mass is 10.1. The normalized spacial score (nSPS) is 10.6. The van der Waals surface area contributed by atoms with Crippen molar-refractivity contribution >= 4 is 11.6 Å². The molecule has 20 heavy (non-hydrogen) atoms. The molecule has 6 heteroatoms. The van der Waals surface area contributed by atoms with Gasteiger partial charge in [0, 0.05) is 18.9 Å². The molecule has 0 radical (unpaired) electrons. The summed E-state index contributed by atoms with van der Waals surface area (Å²) < 4.78 is 3.55. The fraction of sp³-hybridized carbons (Fsp3) is 0.0714. The summed E-state index contributed by atoms with van der Waals surface area (Å²) in [7, 11) is 0. The highest BCUT2D eigenvalue weighted by atomic mass is 16.4. The third-order valence-electron chi connectivity index (χ3n) is 3.10. The van der Waals surface area contributed by atoms with E-state index in [1.54, 1.807) is 35.0 Å². The smallest absolute Gasteiger partial charge is 0.335 e. The topological polar surface area (TPSA) is 83.3 Å². The van der Waals surface area contributed by atoms with Gasteiger partial charge in [0.1, 0.15) is 11.6 Å². The van der Waals surface area contributed by atoms with Crippen LogP contribution in [0.2, 0.25) is 0 Å². The lowest BCUT2D eigenvalue weighted by Gasteiger charge is -2.04. The number of carbonyl (C=O) groups is 1. The number of aromatic carboxylic acids is 1. The van der Waals surface area contributed by atoms with Crippen LogP contribution in [0.4, 0.5) is 0 Å². The molecule has 1 aromatic carbocycles. The van der Waals surface area contributed by atoms with Crippen LogP contribution in [0.5, 0.6) is 0 Å². The number of fused-ring (bicyclic) bond motifs is 1. The van der Waals surface area contributed by atoms with Gasteiger partial charge >= 0.3 is 5.97 Å². The van der Waals surface area contributed by atoms with Crippen LogP contribution >= 0.6 is 0 Å². The Morgan fingerprint density at radius 2 is 2.05 bits per heavy atom. The van der Waals surface area contributed by atoms with E-state index in [1.165, 1.54) is 6.20 Å². The monoisotopic (exact) mass is 266 g/mol. The summed E-state index contributed by atoms with van der Waals surface area (Å²) >= 11 is 0. The maximum absolute atomic E-state index is 10.8. The molecule has 0 bridgehead atoms. The Morgan fingerprint density at radius 1 is 1.30 bits per heavy atom. The molecule has 98 valence electrons. The van der Waals surface area contributed by atoms with Crippen molar-refractivity contribution in [3.8, 4) is 6.07 Å². The summed E-state index contributed by atoms with van der Waals surface area (Å²) in [4.78, 5) is 10.8. The van der Waals surface area contributed by atoms with Crippen LogP contribution in [0, 0.1) is 11.3 Å². The minimum Gasteiger partial charge on any atom is -0.478 e. The van der Waals surface area contributed by atoms with Gasteiger partial charge in [-0.25, -0.2) is 9.31 Å². The van der Waals surface area contributed by atoms with Crippen LogP contribution in [-0.4, -0.2) is 25.3 Å². The Balaban J connectivity index is 1.95. The maximum atomic E-state index is 10.8. The first-order valence-electron chi connectivity index (χ1n) is 5.94. The van der Waals surface area contributed by atoms with E-state index in [4.69, 9.17) is 10.4 Å². The highest BCUT2D eigenvalue weighted by Gasteiger charge is 2.09. The molecule has 0 fully saturated rings. The van der Waals surface area contributed by atoms with Gasteiger partial charge in [0.15, 0.2) is 5.65 Å². The summed E-state index contributed by atoms with van der Waals surface area (Å²) in [5.41, 5.74) is 2.46. The van der Waals surface area contributed by atoms with Crippen molar-refractivity contribution < 1.29 is 9.90 Å². The van der Waals surface area contributed by atoms with Crippen LogP contribution in [0.1, 0.15) is 21.5 Å². The molecule has 2 aromatic heterocycles. The highest BCUT2D eigenvalue weighted by molar-refractivity contribution is 5.87. The van der Waals surface area contributed by atoms with Crippen LogP contribution in [0.15, 0.2) is 42.9 Å². The molecule has 0 aliphatic heterocycles. The first-order valence-corrected chi connectivity index (χ1v) is 5.94. The lowest BCUT2D eigenvalue weighted by Crippen LogP contribution is -2.01. The predicted molar refractivity (Wildman–Crippen MR) is 70.4 cm³/mol. The Kier molecular flexibility index (Phi) is 2.73. The Labute approximate surface area is 114 Å². The summed E-state index contributed by atoms with van der Waals surface area (Å²) in [6.07, 6.45) is 5.15. The van der Waals surface area contributed by atoms with Crippen molar-refractivity contribution in [2.75, 3.05) is 0 Å². The number of hydrogen-bond acceptors (Lipinski definition) is 3. The van der Waals surface area contributed by atoms with Crippen molar-refractivity contribution in [3.63, 3.8) is 0 Å². The van der Waals surface area contributed by atoms with Gasteiger partial charge in [-0.2, -0.15) is 10.4 Å². The zero-order valence-corrected chi connectivity index (χ0v) is 10.4. The van der Waals surface area contributed by atoms with Gasteiger partial charge in [0.2, 0.25) is 0 Å². The van der Waals surface area contributed by atoms with Crippen molar-refractivity contribution in [1.29, 1.82) is 5.26 Å². The molecule has 2 heterocycles. The summed E-state index contributed by atoms with van der Waals surface area (Å²) in [5, 5.41) is 22.0. The molecule has 0 aliphatic carbocycles. The second-order valence-corrected chi connectivity index (χ2v) is 4.37. The number of rotatable bonds is 3. The first kappa shape index (κ1) is 12.0. The molecule has 0 unspecified atom stereocenters. The summed E-state index contributed by atoms with van der Waals surface area (Å²) in [6, 6.07) is 8.78. The van der Waals surface area contributed by atoms with Crippen molar-refractivity contribution in [2.45, 2.75) is 6.54 Å². The van der Waals surface area contributed by atoms with E-state index in [1.807, 2.05) is 10.8 Å². The molecule has 0 amide bonds. The number of benzene rings is 1. The van der Waals surface area contributed by atoms with E-state index >= 15 is 0 Å². The van der Waals surface area contributed by atoms with E-state index in [2.05, 4.69) is 11.2 Å². The largest absolute Gasteiger partial charge is 0.478 e. The molecular formula is C14H10N4O2. The lowest BCUT2D eigenvalue weighted by molar-refractivity contribution is 0.0697. The second-order valence-electron chi connectivity index (χ2n) is 4.37. The minimum atomic E-state index is -0.942. The van der Waals surface area contributed by atoms with Crippen molar-refractivity contribution in [3.05, 3.63) is 59.5 Å². The standard InChI is InChI=1S/C14H10N4O2/c15-7-12-8-16-18-6-5-17(13(12)18)9-10-1-3-11(4-2-10)14(19)20/h1-6,8H,9H2,(H,19,20). The average Bonchev–Trinajstić information content (AvgIpc) is 3.02. The van der Waals surface area contributed by atoms with Gasteiger partial charge in [-0.3, -0.25) is 0 Å². The molecule has 0 atom stereocenters. The summed E-state index contributed by atoms with van der Waals surface area (Å²) in [5.74, 6) is -0.942. The quantitative estimate of drug-likeness (QED) is 0.782. The Bertz CT molecular complexity index is 821. The van der Waals surface area contributed by atoms with E-state index in [9.17, 15) is 4.79 Å². The number of aromatic nitrogens is 3. The van der Waals surface area contributed by atoms with Crippen LogP contribution in [0.25, 0.3) is 5.65 Å². The summed E-state index contributed by atoms with van der Waals surface area (Å²) in [6.45, 7) is 0.552. The van der Waals surface area contributed by atoms with Gasteiger partial charge in [-0.05, 0) is 17.7 Å². The maximum Gasteiger partial charge on any atom is 0.335 e. The first-order chi connectivity index (χ1) is 9.69. The molecule has 3 rings (SSSR count).